The van der Waals surface area contributed by atoms with Crippen LogP contribution in [0.15, 0.2) is 71.3 Å². The van der Waals surface area contributed by atoms with E-state index < -0.39 is 0 Å². The Morgan fingerprint density at radius 3 is 2.43 bits per heavy atom. The second-order valence-electron chi connectivity index (χ2n) is 5.17. The highest BCUT2D eigenvalue weighted by atomic mass is 19.1. The average molecular weight is 311 g/mol. The van der Waals surface area contributed by atoms with E-state index in [1.54, 1.807) is 24.5 Å². The Balaban J connectivity index is 1.60. The normalized spacial score (nSPS) is 10.7. The Kier molecular flexibility index (Phi) is 5.06. The van der Waals surface area contributed by atoms with E-state index in [2.05, 4.69) is 5.32 Å². The molecule has 23 heavy (non-hydrogen) atoms. The van der Waals surface area contributed by atoms with E-state index in [1.165, 1.54) is 6.07 Å². The fourth-order valence-corrected chi connectivity index (χ4v) is 2.30. The third kappa shape index (κ3) is 4.20. The number of ether oxygens (including phenoxy) is 1. The molecule has 0 aliphatic heterocycles. The highest BCUT2D eigenvalue weighted by molar-refractivity contribution is 5.33. The van der Waals surface area contributed by atoms with Gasteiger partial charge in [-0.1, -0.05) is 36.4 Å². The van der Waals surface area contributed by atoms with Crippen molar-refractivity contribution < 1.29 is 13.5 Å². The summed E-state index contributed by atoms with van der Waals surface area (Å²) in [6, 6.07) is 18.2. The minimum Gasteiger partial charge on any atom is -0.488 e. The number of furan rings is 1. The Hall–Kier alpha value is -2.59. The Labute approximate surface area is 134 Å². The number of rotatable bonds is 7. The fourth-order valence-electron chi connectivity index (χ4n) is 2.30. The van der Waals surface area contributed by atoms with Crippen molar-refractivity contribution in [1.82, 2.24) is 5.32 Å². The first kappa shape index (κ1) is 15.3. The molecular formula is C19H18FNO2. The predicted molar refractivity (Wildman–Crippen MR) is 86.4 cm³/mol. The molecule has 2 aromatic carbocycles. The number of hydrogen-bond acceptors (Lipinski definition) is 3. The van der Waals surface area contributed by atoms with E-state index in [0.717, 1.165) is 17.1 Å². The van der Waals surface area contributed by atoms with Gasteiger partial charge >= 0.3 is 0 Å². The van der Waals surface area contributed by atoms with Crippen molar-refractivity contribution in [3.63, 3.8) is 0 Å². The van der Waals surface area contributed by atoms with Crippen LogP contribution in [0.2, 0.25) is 0 Å². The lowest BCUT2D eigenvalue weighted by Crippen LogP contribution is -2.13. The monoisotopic (exact) mass is 311 g/mol. The molecular weight excluding hydrogens is 293 g/mol. The van der Waals surface area contributed by atoms with Gasteiger partial charge in [-0.25, -0.2) is 4.39 Å². The van der Waals surface area contributed by atoms with E-state index in [0.29, 0.717) is 18.7 Å². The minimum atomic E-state index is -0.249. The van der Waals surface area contributed by atoms with E-state index in [1.807, 2.05) is 36.4 Å². The lowest BCUT2D eigenvalue weighted by atomic mass is 10.2. The van der Waals surface area contributed by atoms with Crippen LogP contribution in [0.25, 0.3) is 0 Å². The van der Waals surface area contributed by atoms with E-state index >= 15 is 0 Å². The van der Waals surface area contributed by atoms with Gasteiger partial charge in [0, 0.05) is 17.7 Å². The fraction of sp³-hybridized carbons (Fsp3) is 0.158. The summed E-state index contributed by atoms with van der Waals surface area (Å²) >= 11 is 0. The molecule has 0 radical (unpaired) electrons. The molecule has 1 aromatic heterocycles. The molecule has 1 N–H and O–H groups in total. The molecule has 118 valence electrons. The van der Waals surface area contributed by atoms with Crippen molar-refractivity contribution in [1.29, 1.82) is 0 Å². The number of nitrogens with one attached hydrogen (secondary N) is 1. The summed E-state index contributed by atoms with van der Waals surface area (Å²) in [6.45, 7) is 1.50. The lowest BCUT2D eigenvalue weighted by Gasteiger charge is -2.12. The predicted octanol–water partition coefficient (Wildman–Crippen LogP) is 4.29. The van der Waals surface area contributed by atoms with Gasteiger partial charge in [0.15, 0.2) is 0 Å². The molecule has 3 nitrogen and oxygen atoms in total. The van der Waals surface area contributed by atoms with Crippen LogP contribution in [0, 0.1) is 5.82 Å². The van der Waals surface area contributed by atoms with Crippen LogP contribution in [0.3, 0.4) is 0 Å². The first-order valence-corrected chi connectivity index (χ1v) is 7.50. The molecule has 0 amide bonds. The summed E-state index contributed by atoms with van der Waals surface area (Å²) in [5.41, 5.74) is 1.57. The molecule has 0 bridgehead atoms. The van der Waals surface area contributed by atoms with Crippen LogP contribution in [-0.2, 0) is 19.7 Å². The lowest BCUT2D eigenvalue weighted by molar-refractivity contribution is 0.296. The zero-order valence-corrected chi connectivity index (χ0v) is 12.7. The van der Waals surface area contributed by atoms with Crippen molar-refractivity contribution in [2.75, 3.05) is 0 Å². The second kappa shape index (κ2) is 7.61. The van der Waals surface area contributed by atoms with Gasteiger partial charge < -0.3 is 14.5 Å². The maximum atomic E-state index is 13.6. The Morgan fingerprint density at radius 2 is 1.65 bits per heavy atom. The number of hydrogen-bond donors (Lipinski definition) is 1. The Bertz CT molecular complexity index is 741. The molecule has 1 heterocycles. The third-order valence-electron chi connectivity index (χ3n) is 3.51. The molecule has 0 saturated carbocycles. The second-order valence-corrected chi connectivity index (χ2v) is 5.17. The summed E-state index contributed by atoms with van der Waals surface area (Å²) in [5.74, 6) is 1.39. The average Bonchev–Trinajstić information content (AvgIpc) is 3.09. The van der Waals surface area contributed by atoms with Crippen LogP contribution in [0.4, 0.5) is 4.39 Å². The molecule has 0 unspecified atom stereocenters. The van der Waals surface area contributed by atoms with Gasteiger partial charge in [0.25, 0.3) is 0 Å². The van der Waals surface area contributed by atoms with E-state index in [9.17, 15) is 4.39 Å². The third-order valence-corrected chi connectivity index (χ3v) is 3.51. The zero-order valence-electron chi connectivity index (χ0n) is 12.7. The SMILES string of the molecule is Fc1ccccc1COc1ccccc1CNCc1ccco1. The van der Waals surface area contributed by atoms with Crippen LogP contribution < -0.4 is 10.1 Å². The van der Waals surface area contributed by atoms with Crippen molar-refractivity contribution in [2.45, 2.75) is 19.7 Å². The molecule has 0 aliphatic rings. The molecule has 4 heteroatoms. The van der Waals surface area contributed by atoms with Crippen LogP contribution >= 0.6 is 0 Å². The maximum absolute atomic E-state index is 13.6. The van der Waals surface area contributed by atoms with Crippen LogP contribution in [-0.4, -0.2) is 0 Å². The first-order valence-electron chi connectivity index (χ1n) is 7.50. The van der Waals surface area contributed by atoms with Crippen LogP contribution in [0.5, 0.6) is 5.75 Å². The van der Waals surface area contributed by atoms with Gasteiger partial charge in [-0.2, -0.15) is 0 Å². The smallest absolute Gasteiger partial charge is 0.129 e. The molecule has 0 saturated heterocycles. The molecule has 0 fully saturated rings. The van der Waals surface area contributed by atoms with Gasteiger partial charge in [0.2, 0.25) is 0 Å². The highest BCUT2D eigenvalue weighted by Crippen LogP contribution is 2.20. The summed E-state index contributed by atoms with van der Waals surface area (Å²) in [7, 11) is 0. The molecule has 3 rings (SSSR count). The van der Waals surface area contributed by atoms with E-state index in [4.69, 9.17) is 9.15 Å². The van der Waals surface area contributed by atoms with Gasteiger partial charge in [0.05, 0.1) is 12.8 Å². The zero-order chi connectivity index (χ0) is 15.9. The summed E-state index contributed by atoms with van der Waals surface area (Å²) in [5, 5.41) is 3.31. The quantitative estimate of drug-likeness (QED) is 0.707. The molecule has 0 spiro atoms. The minimum absolute atomic E-state index is 0.210. The largest absolute Gasteiger partial charge is 0.488 e. The summed E-state index contributed by atoms with van der Waals surface area (Å²) in [4.78, 5) is 0. The van der Waals surface area contributed by atoms with Gasteiger partial charge in [0.1, 0.15) is 23.9 Å². The Morgan fingerprint density at radius 1 is 0.870 bits per heavy atom. The molecule has 0 atom stereocenters. The van der Waals surface area contributed by atoms with Crippen LogP contribution in [0.1, 0.15) is 16.9 Å². The van der Waals surface area contributed by atoms with Gasteiger partial charge in [-0.15, -0.1) is 0 Å². The van der Waals surface area contributed by atoms with Crippen molar-refractivity contribution in [3.8, 4) is 5.75 Å². The molecule has 3 aromatic rings. The standard InChI is InChI=1S/C19H18FNO2/c20-18-9-3-1-7-16(18)14-23-19-10-4-2-6-15(19)12-21-13-17-8-5-11-22-17/h1-11,21H,12-14H2. The van der Waals surface area contributed by atoms with Crippen molar-refractivity contribution in [3.05, 3.63) is 89.6 Å². The highest BCUT2D eigenvalue weighted by Gasteiger charge is 2.06. The number of para-hydroxylation sites is 1. The number of halogens is 1. The topological polar surface area (TPSA) is 34.4 Å². The van der Waals surface area contributed by atoms with Gasteiger partial charge in [-0.3, -0.25) is 0 Å². The summed E-state index contributed by atoms with van der Waals surface area (Å²) in [6.07, 6.45) is 1.66. The van der Waals surface area contributed by atoms with Gasteiger partial charge in [-0.05, 0) is 24.3 Å². The van der Waals surface area contributed by atoms with E-state index in [-0.39, 0.29) is 12.4 Å². The maximum Gasteiger partial charge on any atom is 0.129 e. The van der Waals surface area contributed by atoms with Crippen molar-refractivity contribution >= 4 is 0 Å². The first-order chi connectivity index (χ1) is 11.3. The molecule has 0 aliphatic carbocycles. The van der Waals surface area contributed by atoms with Crippen molar-refractivity contribution in [2.24, 2.45) is 0 Å². The summed E-state index contributed by atoms with van der Waals surface area (Å²) < 4.78 is 24.7. The number of benzene rings is 2.